The summed E-state index contributed by atoms with van der Waals surface area (Å²) in [5, 5.41) is 2.90. The molecule has 0 aliphatic carbocycles. The van der Waals surface area contributed by atoms with Crippen LogP contribution in [-0.4, -0.2) is 86.8 Å². The van der Waals surface area contributed by atoms with Crippen LogP contribution in [0.15, 0.2) is 36.4 Å². The van der Waals surface area contributed by atoms with Gasteiger partial charge >= 0.3 is 6.09 Å². The summed E-state index contributed by atoms with van der Waals surface area (Å²) in [7, 11) is -2.67. The van der Waals surface area contributed by atoms with Crippen LogP contribution in [0.4, 0.5) is 19.3 Å². The van der Waals surface area contributed by atoms with Crippen molar-refractivity contribution in [2.45, 2.75) is 149 Å². The zero-order chi connectivity index (χ0) is 40.2. The third-order valence-electron chi connectivity index (χ3n) is 10.1. The van der Waals surface area contributed by atoms with Crippen LogP contribution in [0.25, 0.3) is 0 Å². The lowest BCUT2D eigenvalue weighted by molar-refractivity contribution is -0.117. The van der Waals surface area contributed by atoms with E-state index in [9.17, 15) is 23.2 Å². The Bertz CT molecular complexity index is 1620. The zero-order valence-corrected chi connectivity index (χ0v) is 35.0. The number of nitrogens with zero attached hydrogens (tertiary/aromatic N) is 2. The van der Waals surface area contributed by atoms with Gasteiger partial charge in [-0.25, -0.2) is 13.6 Å². The molecule has 2 aliphatic heterocycles. The fourth-order valence-electron chi connectivity index (χ4n) is 6.63. The Hall–Kier alpha value is -3.55. The number of ether oxygens (including phenoxy) is 3. The van der Waals surface area contributed by atoms with Crippen LogP contribution in [0, 0.1) is 11.6 Å². The summed E-state index contributed by atoms with van der Waals surface area (Å²) in [5.74, 6) is -1.61. The van der Waals surface area contributed by atoms with Gasteiger partial charge in [0.2, 0.25) is 5.91 Å². The lowest BCUT2D eigenvalue weighted by atomic mass is 9.94. The van der Waals surface area contributed by atoms with Crippen molar-refractivity contribution in [2.24, 2.45) is 0 Å². The molecule has 2 aliphatic rings. The first-order chi connectivity index (χ1) is 25.1. The van der Waals surface area contributed by atoms with Gasteiger partial charge in [0.15, 0.2) is 8.32 Å². The first-order valence-electron chi connectivity index (χ1n) is 19.2. The van der Waals surface area contributed by atoms with Gasteiger partial charge in [-0.1, -0.05) is 27.7 Å². The number of amides is 3. The van der Waals surface area contributed by atoms with Gasteiger partial charge in [0.1, 0.15) is 23.0 Å². The first-order valence-corrected chi connectivity index (χ1v) is 22.1. The van der Waals surface area contributed by atoms with Crippen LogP contribution >= 0.6 is 0 Å². The number of carbonyl (C=O) groups excluding carboxylic acids is 3. The number of carbonyl (C=O) groups is 3. The maximum Gasteiger partial charge on any atom is 0.410 e. The molecule has 0 bridgehead atoms. The Morgan fingerprint density at radius 1 is 1.00 bits per heavy atom. The van der Waals surface area contributed by atoms with Gasteiger partial charge in [-0.15, -0.1) is 0 Å². The van der Waals surface area contributed by atoms with E-state index in [0.29, 0.717) is 49.4 Å². The second-order valence-electron chi connectivity index (χ2n) is 17.4. The van der Waals surface area contributed by atoms with E-state index in [2.05, 4.69) is 39.2 Å². The predicted octanol–water partition coefficient (Wildman–Crippen LogP) is 8.41. The summed E-state index contributed by atoms with van der Waals surface area (Å²) in [6.45, 7) is 22.9. The fraction of sp³-hybridized carbons (Fsp3) is 0.634. The van der Waals surface area contributed by atoms with Gasteiger partial charge in [-0.2, -0.15) is 0 Å². The molecule has 4 atom stereocenters. The molecule has 0 radical (unpaired) electrons. The maximum absolute atomic E-state index is 14.7. The highest BCUT2D eigenvalue weighted by molar-refractivity contribution is 6.74. The van der Waals surface area contributed by atoms with Gasteiger partial charge < -0.3 is 28.9 Å². The van der Waals surface area contributed by atoms with Gasteiger partial charge in [0, 0.05) is 43.0 Å². The molecule has 0 aromatic heterocycles. The summed E-state index contributed by atoms with van der Waals surface area (Å²) < 4.78 is 54.8. The van der Waals surface area contributed by atoms with E-state index in [4.69, 9.17) is 18.6 Å². The molecule has 2 fully saturated rings. The number of benzene rings is 2. The molecule has 300 valence electrons. The lowest BCUT2D eigenvalue weighted by Gasteiger charge is -2.45. The Morgan fingerprint density at radius 2 is 1.67 bits per heavy atom. The minimum Gasteiger partial charge on any atom is -0.491 e. The predicted molar refractivity (Wildman–Crippen MR) is 209 cm³/mol. The molecule has 2 heterocycles. The molecule has 3 amide bonds. The van der Waals surface area contributed by atoms with Crippen molar-refractivity contribution in [3.05, 3.63) is 59.2 Å². The van der Waals surface area contributed by atoms with Crippen molar-refractivity contribution in [3.8, 4) is 5.75 Å². The molecule has 2 aromatic carbocycles. The molecular weight excluding hydrogens is 713 g/mol. The summed E-state index contributed by atoms with van der Waals surface area (Å²) >= 11 is 0. The monoisotopic (exact) mass is 773 g/mol. The summed E-state index contributed by atoms with van der Waals surface area (Å²) in [5.41, 5.74) is 0.303. The second-order valence-corrected chi connectivity index (χ2v) is 22.1. The number of hydrogen-bond acceptors (Lipinski definition) is 7. The van der Waals surface area contributed by atoms with Crippen molar-refractivity contribution in [1.29, 1.82) is 0 Å². The quantitative estimate of drug-likeness (QED) is 0.192. The normalized spacial score (nSPS) is 19.3. The first kappa shape index (κ1) is 43.2. The highest BCUT2D eigenvalue weighted by atomic mass is 28.4. The molecule has 4 rings (SSSR count). The van der Waals surface area contributed by atoms with Crippen molar-refractivity contribution in [2.75, 3.05) is 24.6 Å². The molecule has 54 heavy (non-hydrogen) atoms. The summed E-state index contributed by atoms with van der Waals surface area (Å²) in [4.78, 5) is 44.6. The van der Waals surface area contributed by atoms with Crippen molar-refractivity contribution >= 4 is 31.9 Å². The highest BCUT2D eigenvalue weighted by Gasteiger charge is 2.49. The number of hydrogen-bond donors (Lipinski definition) is 1. The van der Waals surface area contributed by atoms with E-state index in [1.54, 1.807) is 48.8 Å². The molecule has 2 unspecified atom stereocenters. The molecule has 1 N–H and O–H groups in total. The van der Waals surface area contributed by atoms with E-state index in [1.165, 1.54) is 12.1 Å². The molecule has 13 heteroatoms. The molecule has 2 saturated heterocycles. The van der Waals surface area contributed by atoms with Crippen molar-refractivity contribution in [3.63, 3.8) is 0 Å². The largest absolute Gasteiger partial charge is 0.491 e. The van der Waals surface area contributed by atoms with Gasteiger partial charge in [0.25, 0.3) is 5.91 Å². The van der Waals surface area contributed by atoms with E-state index >= 15 is 0 Å². The Kier molecular flexibility index (Phi) is 14.0. The average Bonchev–Trinajstić information content (AvgIpc) is 3.66. The van der Waals surface area contributed by atoms with E-state index < -0.39 is 55.7 Å². The van der Waals surface area contributed by atoms with Crippen LogP contribution in [0.2, 0.25) is 18.1 Å². The number of halogens is 2. The maximum atomic E-state index is 14.7. The number of anilines is 1. The lowest BCUT2D eigenvalue weighted by Crippen LogP contribution is -2.60. The van der Waals surface area contributed by atoms with E-state index in [0.717, 1.165) is 12.5 Å². The third-order valence-corrected chi connectivity index (χ3v) is 14.6. The molecule has 0 saturated carbocycles. The smallest absolute Gasteiger partial charge is 0.410 e. The number of likely N-dealkylation sites (tertiary alicyclic amines) is 1. The summed E-state index contributed by atoms with van der Waals surface area (Å²) in [6.07, 6.45) is 0.346. The Balaban J connectivity index is 1.87. The van der Waals surface area contributed by atoms with Crippen LogP contribution < -0.4 is 15.0 Å². The minimum absolute atomic E-state index is 0.0154. The van der Waals surface area contributed by atoms with Crippen molar-refractivity contribution in [1.82, 2.24) is 10.2 Å². The molecule has 0 spiro atoms. The van der Waals surface area contributed by atoms with Crippen LogP contribution in [-0.2, 0) is 25.1 Å². The van der Waals surface area contributed by atoms with Crippen LogP contribution in [0.1, 0.15) is 104 Å². The number of nitrogens with one attached hydrogen (secondary N) is 1. The molecule has 2 aromatic rings. The second kappa shape index (κ2) is 17.5. The molecular formula is C41H61F2N3O7Si. The zero-order valence-electron chi connectivity index (χ0n) is 34.0. The third kappa shape index (κ3) is 11.5. The SMILES string of the molecule is CCCOC1CC([C@@H](O[Si](C)(C)C(C)(C)C)[C@H](Cc2cc(F)cc(F)c2)NC(=O)c2cc(OC(C)C)cc(N3CCCC3=O)c2)N(C(=O)OC(C)(C)C)C1. The van der Waals surface area contributed by atoms with Gasteiger partial charge in [0.05, 0.1) is 36.9 Å². The minimum atomic E-state index is -2.67. The van der Waals surface area contributed by atoms with Gasteiger partial charge in [-0.05, 0) is 108 Å². The van der Waals surface area contributed by atoms with Crippen molar-refractivity contribution < 1.29 is 41.8 Å². The standard InChI is InChI=1S/C41H61F2N3O7Si/c1-12-16-50-33-24-35(46(25-33)39(49)52-40(4,5)6)37(53-54(10,11)41(7,8)9)34(19-27-17-29(42)22-30(43)18-27)44-38(48)28-20-31(45-15-13-14-36(45)47)23-32(21-28)51-26(2)3/h17-18,20-23,26,33-35,37H,12-16,19,24-25H2,1-11H3,(H,44,48)/t33?,34-,35?,37-/m0/s1. The number of rotatable bonds is 14. The van der Waals surface area contributed by atoms with Crippen LogP contribution in [0.5, 0.6) is 5.75 Å². The van der Waals surface area contributed by atoms with E-state index in [-0.39, 0.29) is 41.7 Å². The topological polar surface area (TPSA) is 107 Å². The highest BCUT2D eigenvalue weighted by Crippen LogP contribution is 2.40. The Morgan fingerprint density at radius 3 is 2.22 bits per heavy atom. The summed E-state index contributed by atoms with van der Waals surface area (Å²) in [6, 6.07) is 6.81. The Labute approximate surface area is 321 Å². The molecule has 10 nitrogen and oxygen atoms in total. The fourth-order valence-corrected chi connectivity index (χ4v) is 7.99. The van der Waals surface area contributed by atoms with E-state index in [1.807, 2.05) is 20.8 Å². The van der Waals surface area contributed by atoms with Crippen LogP contribution in [0.3, 0.4) is 0 Å². The van der Waals surface area contributed by atoms with Gasteiger partial charge in [-0.3, -0.25) is 14.5 Å². The average molecular weight is 774 g/mol.